The van der Waals surface area contributed by atoms with Gasteiger partial charge in [0.2, 0.25) is 5.91 Å². The molecule has 1 rings (SSSR count). The number of carbonyl (C=O) groups is 1. The van der Waals surface area contributed by atoms with Gasteiger partial charge in [-0.3, -0.25) is 9.69 Å². The molecule has 0 aromatic carbocycles. The van der Waals surface area contributed by atoms with Crippen LogP contribution in [0.15, 0.2) is 0 Å². The largest absolute Gasteiger partial charge is 0.401 e. The van der Waals surface area contributed by atoms with E-state index in [1.165, 1.54) is 4.90 Å². The van der Waals surface area contributed by atoms with Crippen molar-refractivity contribution in [2.24, 2.45) is 5.92 Å². The van der Waals surface area contributed by atoms with E-state index in [0.717, 1.165) is 0 Å². The molecule has 0 spiro atoms. The first-order valence-electron chi connectivity index (χ1n) is 7.08. The van der Waals surface area contributed by atoms with E-state index in [1.54, 1.807) is 0 Å². The molecule has 0 aromatic heterocycles. The lowest BCUT2D eigenvalue weighted by molar-refractivity contribution is -0.148. The average Bonchev–Trinajstić information content (AvgIpc) is 2.34. The highest BCUT2D eigenvalue weighted by molar-refractivity contribution is 5.77. The lowest BCUT2D eigenvalue weighted by Gasteiger charge is -2.32. The number of hydrogen-bond acceptors (Lipinski definition) is 3. The van der Waals surface area contributed by atoms with Gasteiger partial charge in [0.1, 0.15) is 0 Å². The molecule has 0 aliphatic carbocycles. The summed E-state index contributed by atoms with van der Waals surface area (Å²) in [7, 11) is 0. The molecule has 0 bridgehead atoms. The number of nitrogens with zero attached hydrogens (tertiary/aromatic N) is 1. The normalized spacial score (nSPS) is 18.5. The first-order valence-corrected chi connectivity index (χ1v) is 7.08. The maximum absolute atomic E-state index is 12.2. The highest BCUT2D eigenvalue weighted by Crippen LogP contribution is 2.19. The quantitative estimate of drug-likeness (QED) is 0.728. The molecular weight excluding hydrogens is 271 g/mol. The Bertz CT molecular complexity index is 300. The topological polar surface area (TPSA) is 44.4 Å². The van der Waals surface area contributed by atoms with E-state index in [1.807, 2.05) is 13.8 Å². The van der Waals surface area contributed by atoms with Crippen LogP contribution in [-0.2, 0) is 4.79 Å². The molecule has 0 aromatic rings. The first kappa shape index (κ1) is 17.2. The van der Waals surface area contributed by atoms with E-state index >= 15 is 0 Å². The number of piperidine rings is 1. The van der Waals surface area contributed by atoms with E-state index in [4.69, 9.17) is 0 Å². The third kappa shape index (κ3) is 7.09. The third-order valence-electron chi connectivity index (χ3n) is 3.37. The van der Waals surface area contributed by atoms with Gasteiger partial charge >= 0.3 is 6.18 Å². The third-order valence-corrected chi connectivity index (χ3v) is 3.37. The van der Waals surface area contributed by atoms with Crippen molar-refractivity contribution in [3.05, 3.63) is 0 Å². The van der Waals surface area contributed by atoms with Crippen molar-refractivity contribution >= 4 is 5.91 Å². The van der Waals surface area contributed by atoms with Crippen LogP contribution in [0.1, 0.15) is 26.7 Å². The van der Waals surface area contributed by atoms with Crippen LogP contribution in [0, 0.1) is 5.92 Å². The van der Waals surface area contributed by atoms with Crippen molar-refractivity contribution in [1.29, 1.82) is 0 Å². The summed E-state index contributed by atoms with van der Waals surface area (Å²) >= 11 is 0. The summed E-state index contributed by atoms with van der Waals surface area (Å²) in [4.78, 5) is 12.8. The van der Waals surface area contributed by atoms with E-state index < -0.39 is 12.7 Å². The Labute approximate surface area is 118 Å². The highest BCUT2D eigenvalue weighted by atomic mass is 19.4. The Morgan fingerprint density at radius 2 is 1.85 bits per heavy atom. The molecule has 118 valence electrons. The van der Waals surface area contributed by atoms with Crippen molar-refractivity contribution in [1.82, 2.24) is 15.5 Å². The summed E-state index contributed by atoms with van der Waals surface area (Å²) in [5.74, 6) is -0.00703. The van der Waals surface area contributed by atoms with Crippen LogP contribution in [0.25, 0.3) is 0 Å². The fraction of sp³-hybridized carbons (Fsp3) is 0.923. The number of rotatable bonds is 6. The van der Waals surface area contributed by atoms with Gasteiger partial charge in [0.25, 0.3) is 0 Å². The number of halogens is 3. The summed E-state index contributed by atoms with van der Waals surface area (Å²) in [5, 5.41) is 6.08. The van der Waals surface area contributed by atoms with Crippen molar-refractivity contribution in [3.8, 4) is 0 Å². The first-order chi connectivity index (χ1) is 9.28. The number of likely N-dealkylation sites (tertiary alicyclic amines) is 1. The number of nitrogens with one attached hydrogen (secondary N) is 2. The summed E-state index contributed by atoms with van der Waals surface area (Å²) in [6.07, 6.45) is -2.68. The SMILES string of the molecule is CC(C)C(=O)NCCNC1CCN(CC(F)(F)F)CC1. The van der Waals surface area contributed by atoms with E-state index in [9.17, 15) is 18.0 Å². The molecule has 1 saturated heterocycles. The Hall–Kier alpha value is -0.820. The van der Waals surface area contributed by atoms with Crippen LogP contribution in [0.2, 0.25) is 0 Å². The van der Waals surface area contributed by atoms with Crippen molar-refractivity contribution in [2.75, 3.05) is 32.7 Å². The maximum atomic E-state index is 12.2. The van der Waals surface area contributed by atoms with E-state index in [2.05, 4.69) is 10.6 Å². The molecule has 7 heteroatoms. The van der Waals surface area contributed by atoms with Crippen LogP contribution in [0.3, 0.4) is 0 Å². The van der Waals surface area contributed by atoms with Gasteiger partial charge in [-0.05, 0) is 25.9 Å². The molecule has 20 heavy (non-hydrogen) atoms. The van der Waals surface area contributed by atoms with Crippen LogP contribution >= 0.6 is 0 Å². The molecule has 1 amide bonds. The zero-order valence-electron chi connectivity index (χ0n) is 12.1. The van der Waals surface area contributed by atoms with Gasteiger partial charge in [-0.25, -0.2) is 0 Å². The number of hydrogen-bond donors (Lipinski definition) is 2. The van der Waals surface area contributed by atoms with Crippen LogP contribution in [0.4, 0.5) is 13.2 Å². The minimum atomic E-state index is -4.11. The smallest absolute Gasteiger partial charge is 0.355 e. The molecule has 4 nitrogen and oxygen atoms in total. The second kappa shape index (κ2) is 7.83. The van der Waals surface area contributed by atoms with Crippen LogP contribution in [0.5, 0.6) is 0 Å². The Morgan fingerprint density at radius 1 is 1.25 bits per heavy atom. The predicted molar refractivity (Wildman–Crippen MR) is 71.4 cm³/mol. The molecule has 0 saturated carbocycles. The zero-order chi connectivity index (χ0) is 15.2. The van der Waals surface area contributed by atoms with E-state index in [-0.39, 0.29) is 17.9 Å². The van der Waals surface area contributed by atoms with Crippen molar-refractivity contribution in [3.63, 3.8) is 0 Å². The second-order valence-electron chi connectivity index (χ2n) is 5.57. The van der Waals surface area contributed by atoms with Gasteiger partial charge in [0, 0.05) is 25.0 Å². The maximum Gasteiger partial charge on any atom is 0.401 e. The van der Waals surface area contributed by atoms with Crippen molar-refractivity contribution < 1.29 is 18.0 Å². The molecule has 1 aliphatic heterocycles. The summed E-state index contributed by atoms with van der Waals surface area (Å²) in [6.45, 7) is 5.00. The molecular formula is C13H24F3N3O. The molecule has 1 fully saturated rings. The van der Waals surface area contributed by atoms with Gasteiger partial charge in [-0.2, -0.15) is 13.2 Å². The molecule has 2 N–H and O–H groups in total. The Morgan fingerprint density at radius 3 is 2.35 bits per heavy atom. The summed E-state index contributed by atoms with van der Waals surface area (Å²) in [6, 6.07) is 0.246. The number of carbonyl (C=O) groups excluding carboxylic acids is 1. The lowest BCUT2D eigenvalue weighted by Crippen LogP contribution is -2.47. The predicted octanol–water partition coefficient (Wildman–Crippen LogP) is 1.37. The molecule has 1 aliphatic rings. The van der Waals surface area contributed by atoms with E-state index in [0.29, 0.717) is 39.0 Å². The number of amides is 1. The monoisotopic (exact) mass is 295 g/mol. The fourth-order valence-electron chi connectivity index (χ4n) is 2.21. The summed E-state index contributed by atoms with van der Waals surface area (Å²) in [5.41, 5.74) is 0. The van der Waals surface area contributed by atoms with Gasteiger partial charge in [-0.15, -0.1) is 0 Å². The van der Waals surface area contributed by atoms with Gasteiger partial charge in [0.15, 0.2) is 0 Å². The molecule has 0 atom stereocenters. The van der Waals surface area contributed by atoms with Crippen LogP contribution in [-0.4, -0.2) is 55.7 Å². The Kier molecular flexibility index (Phi) is 6.75. The Balaban J connectivity index is 2.09. The zero-order valence-corrected chi connectivity index (χ0v) is 12.1. The number of alkyl halides is 3. The second-order valence-corrected chi connectivity index (χ2v) is 5.57. The molecule has 0 radical (unpaired) electrons. The fourth-order valence-corrected chi connectivity index (χ4v) is 2.21. The molecule has 1 heterocycles. The minimum Gasteiger partial charge on any atom is -0.355 e. The standard InChI is InChI=1S/C13H24F3N3O/c1-10(2)12(20)18-6-5-17-11-3-7-19(8-4-11)9-13(14,15)16/h10-11,17H,3-9H2,1-2H3,(H,18,20). The lowest BCUT2D eigenvalue weighted by atomic mass is 10.1. The van der Waals surface area contributed by atoms with Crippen molar-refractivity contribution in [2.45, 2.75) is 38.9 Å². The van der Waals surface area contributed by atoms with Gasteiger partial charge < -0.3 is 10.6 Å². The van der Waals surface area contributed by atoms with Crippen LogP contribution < -0.4 is 10.6 Å². The molecule has 0 unspecified atom stereocenters. The summed E-state index contributed by atoms with van der Waals surface area (Å²) < 4.78 is 36.7. The van der Waals surface area contributed by atoms with Gasteiger partial charge in [-0.1, -0.05) is 13.8 Å². The highest BCUT2D eigenvalue weighted by Gasteiger charge is 2.32. The minimum absolute atomic E-state index is 0.0202. The van der Waals surface area contributed by atoms with Gasteiger partial charge in [0.05, 0.1) is 6.54 Å². The average molecular weight is 295 g/mol.